The first-order chi connectivity index (χ1) is 13.1. The summed E-state index contributed by atoms with van der Waals surface area (Å²) in [4.78, 5) is 26.9. The molecule has 0 bridgehead atoms. The van der Waals surface area contributed by atoms with Crippen LogP contribution in [0.3, 0.4) is 0 Å². The summed E-state index contributed by atoms with van der Waals surface area (Å²) in [5, 5.41) is 3.20. The van der Waals surface area contributed by atoms with E-state index in [9.17, 15) is 4.79 Å². The number of oxazole rings is 1. The van der Waals surface area contributed by atoms with Gasteiger partial charge in [0.2, 0.25) is 5.95 Å². The van der Waals surface area contributed by atoms with Crippen molar-refractivity contribution >= 4 is 36.9 Å². The van der Waals surface area contributed by atoms with Crippen molar-refractivity contribution in [3.63, 3.8) is 0 Å². The summed E-state index contributed by atoms with van der Waals surface area (Å²) >= 11 is 0. The molecule has 1 saturated heterocycles. The summed E-state index contributed by atoms with van der Waals surface area (Å²) in [6, 6.07) is 9.94. The molecule has 1 aliphatic rings. The van der Waals surface area contributed by atoms with Crippen LogP contribution in [0.2, 0.25) is 0 Å². The summed E-state index contributed by atoms with van der Waals surface area (Å²) in [6.45, 7) is 4.60. The maximum atomic E-state index is 12.0. The van der Waals surface area contributed by atoms with E-state index in [1.54, 1.807) is 12.4 Å². The van der Waals surface area contributed by atoms with Crippen LogP contribution in [-0.2, 0) is 4.79 Å². The highest BCUT2D eigenvalue weighted by Gasteiger charge is 2.28. The van der Waals surface area contributed by atoms with Crippen LogP contribution in [-0.4, -0.2) is 33.3 Å². The maximum absolute atomic E-state index is 12.0. The van der Waals surface area contributed by atoms with E-state index in [-0.39, 0.29) is 25.3 Å². The number of nitrogens with zero attached hydrogens (tertiary/aromatic N) is 4. The Bertz CT molecular complexity index is 974. The molecule has 3 heterocycles. The number of aromatic nitrogens is 3. The van der Waals surface area contributed by atoms with Gasteiger partial charge in [0, 0.05) is 36.1 Å². The fourth-order valence-corrected chi connectivity index (χ4v) is 3.18. The molecule has 4 rings (SSSR count). The molecule has 1 aliphatic heterocycles. The Hall–Kier alpha value is -2.87. The zero-order chi connectivity index (χ0) is 18.8. The number of piperidine rings is 1. The van der Waals surface area contributed by atoms with Crippen LogP contribution in [0.1, 0.15) is 25.5 Å². The van der Waals surface area contributed by atoms with E-state index in [1.165, 1.54) is 0 Å². The van der Waals surface area contributed by atoms with Gasteiger partial charge in [-0.15, -0.1) is 0 Å². The second-order valence-electron chi connectivity index (χ2n) is 6.67. The normalized spacial score (nSPS) is 16.6. The molecule has 1 N–H and O–H groups in total. The molecule has 0 unspecified atom stereocenters. The molecule has 28 heavy (non-hydrogen) atoms. The number of aryl methyl sites for hydroxylation is 1. The molecule has 2 aromatic heterocycles. The van der Waals surface area contributed by atoms with E-state index in [2.05, 4.69) is 20.3 Å². The lowest BCUT2D eigenvalue weighted by atomic mass is 10.0. The van der Waals surface area contributed by atoms with E-state index in [0.29, 0.717) is 24.1 Å². The third-order valence-corrected chi connectivity index (χ3v) is 4.69. The summed E-state index contributed by atoms with van der Waals surface area (Å²) in [6.07, 6.45) is 4.87. The van der Waals surface area contributed by atoms with Gasteiger partial charge < -0.3 is 14.6 Å². The van der Waals surface area contributed by atoms with E-state index in [1.807, 2.05) is 49.1 Å². The minimum atomic E-state index is -0.197. The molecule has 0 amide bonds. The molecule has 0 aliphatic carbocycles. The highest BCUT2D eigenvalue weighted by Crippen LogP contribution is 2.29. The van der Waals surface area contributed by atoms with Gasteiger partial charge in [-0.2, -0.15) is 13.5 Å². The number of ketones is 1. The van der Waals surface area contributed by atoms with Crippen molar-refractivity contribution in [1.82, 2.24) is 15.0 Å². The zero-order valence-electron chi connectivity index (χ0n) is 15.8. The van der Waals surface area contributed by atoms with Gasteiger partial charge in [0.15, 0.2) is 11.5 Å². The Kier molecular flexibility index (Phi) is 5.99. The quantitative estimate of drug-likeness (QED) is 0.716. The lowest BCUT2D eigenvalue weighted by Gasteiger charge is -2.30. The monoisotopic (exact) mass is 397 g/mol. The molecule has 7 nitrogen and oxygen atoms in total. The van der Waals surface area contributed by atoms with Crippen LogP contribution in [0.15, 0.2) is 47.1 Å². The van der Waals surface area contributed by atoms with Gasteiger partial charge in [-0.25, -0.2) is 15.0 Å². The first-order valence-electron chi connectivity index (χ1n) is 9.02. The van der Waals surface area contributed by atoms with E-state index < -0.39 is 0 Å². The second-order valence-corrected chi connectivity index (χ2v) is 6.67. The van der Waals surface area contributed by atoms with Gasteiger partial charge in [0.05, 0.1) is 12.2 Å². The summed E-state index contributed by atoms with van der Waals surface area (Å²) in [7, 11) is 0. The average molecular weight is 398 g/mol. The molecular formula is C20H23N5O2S. The van der Waals surface area contributed by atoms with Crippen LogP contribution in [0.4, 0.5) is 17.7 Å². The van der Waals surface area contributed by atoms with Crippen LogP contribution in [0, 0.1) is 6.92 Å². The number of carbonyl (C=O) groups is 1. The predicted octanol–water partition coefficient (Wildman–Crippen LogP) is 3.85. The second kappa shape index (κ2) is 8.43. The number of rotatable bonds is 4. The molecular weight excluding hydrogens is 374 g/mol. The van der Waals surface area contributed by atoms with Gasteiger partial charge in [0.25, 0.3) is 6.01 Å². The number of benzene rings is 1. The fourth-order valence-electron chi connectivity index (χ4n) is 3.18. The minimum absolute atomic E-state index is 0. The predicted molar refractivity (Wildman–Crippen MR) is 113 cm³/mol. The van der Waals surface area contributed by atoms with Crippen molar-refractivity contribution in [2.75, 3.05) is 16.8 Å². The third kappa shape index (κ3) is 4.17. The summed E-state index contributed by atoms with van der Waals surface area (Å²) in [5.74, 6) is 1.43. The number of carbonyl (C=O) groups excluding carboxylic acids is 1. The van der Waals surface area contributed by atoms with Crippen molar-refractivity contribution in [2.24, 2.45) is 0 Å². The standard InChI is InChI=1S/C20H21N5O2.H2S/c1-13-8-9-21-19(23-13)24-16-6-3-5-15(11-16)18-12-22-20(27-18)25-10-4-7-17(26)14(25)2;/h3,5-6,8-9,11-12,14H,4,7,10H2,1-2H3,(H,21,23,24);1H2/t14-;/m0./s1. The Morgan fingerprint density at radius 1 is 1.25 bits per heavy atom. The zero-order valence-corrected chi connectivity index (χ0v) is 16.8. The van der Waals surface area contributed by atoms with E-state index in [4.69, 9.17) is 4.42 Å². The topological polar surface area (TPSA) is 84.2 Å². The van der Waals surface area contributed by atoms with E-state index >= 15 is 0 Å². The highest BCUT2D eigenvalue weighted by atomic mass is 32.1. The Balaban J connectivity index is 0.00000225. The molecule has 0 saturated carbocycles. The number of anilines is 3. The Labute approximate surface area is 170 Å². The SMILES string of the molecule is Cc1ccnc(Nc2cccc(-c3cnc(N4CCCC(=O)[C@@H]4C)o3)c2)n1.S. The number of hydrogen-bond donors (Lipinski definition) is 1. The Morgan fingerprint density at radius 2 is 2.11 bits per heavy atom. The van der Waals surface area contributed by atoms with Gasteiger partial charge in [-0.05, 0) is 38.5 Å². The van der Waals surface area contributed by atoms with E-state index in [0.717, 1.165) is 29.9 Å². The van der Waals surface area contributed by atoms with Crippen molar-refractivity contribution in [2.45, 2.75) is 32.7 Å². The van der Waals surface area contributed by atoms with Crippen molar-refractivity contribution in [3.8, 4) is 11.3 Å². The lowest BCUT2D eigenvalue weighted by molar-refractivity contribution is -0.121. The average Bonchev–Trinajstić information content (AvgIpc) is 3.14. The summed E-state index contributed by atoms with van der Waals surface area (Å²) < 4.78 is 5.96. The van der Waals surface area contributed by atoms with Gasteiger partial charge in [-0.1, -0.05) is 12.1 Å². The highest BCUT2D eigenvalue weighted by molar-refractivity contribution is 7.59. The molecule has 0 radical (unpaired) electrons. The molecule has 8 heteroatoms. The number of Topliss-reactive ketones (excluding diaryl/α,β-unsaturated/α-hetero) is 1. The fraction of sp³-hybridized carbons (Fsp3) is 0.300. The van der Waals surface area contributed by atoms with Crippen LogP contribution >= 0.6 is 13.5 Å². The molecule has 1 atom stereocenters. The van der Waals surface area contributed by atoms with Crippen molar-refractivity contribution in [3.05, 3.63) is 48.4 Å². The molecule has 146 valence electrons. The summed E-state index contributed by atoms with van der Waals surface area (Å²) in [5.41, 5.74) is 2.65. The first kappa shape index (κ1) is 19.9. The largest absolute Gasteiger partial charge is 0.423 e. The maximum Gasteiger partial charge on any atom is 0.298 e. The van der Waals surface area contributed by atoms with Crippen LogP contribution < -0.4 is 10.2 Å². The lowest BCUT2D eigenvalue weighted by Crippen LogP contribution is -2.44. The number of hydrogen-bond acceptors (Lipinski definition) is 7. The minimum Gasteiger partial charge on any atom is -0.423 e. The first-order valence-corrected chi connectivity index (χ1v) is 9.02. The van der Waals surface area contributed by atoms with Crippen LogP contribution in [0.5, 0.6) is 0 Å². The van der Waals surface area contributed by atoms with Crippen molar-refractivity contribution < 1.29 is 9.21 Å². The van der Waals surface area contributed by atoms with Gasteiger partial charge in [-0.3, -0.25) is 4.79 Å². The van der Waals surface area contributed by atoms with Gasteiger partial charge in [0.1, 0.15) is 0 Å². The van der Waals surface area contributed by atoms with Gasteiger partial charge >= 0.3 is 0 Å². The molecule has 3 aromatic rings. The Morgan fingerprint density at radius 3 is 2.93 bits per heavy atom. The smallest absolute Gasteiger partial charge is 0.298 e. The molecule has 1 fully saturated rings. The number of nitrogens with one attached hydrogen (secondary N) is 1. The molecule has 1 aromatic carbocycles. The molecule has 0 spiro atoms. The third-order valence-electron chi connectivity index (χ3n) is 4.69. The van der Waals surface area contributed by atoms with Crippen LogP contribution in [0.25, 0.3) is 11.3 Å². The van der Waals surface area contributed by atoms with Crippen molar-refractivity contribution in [1.29, 1.82) is 0 Å².